The second-order valence-corrected chi connectivity index (χ2v) is 11.3. The molecule has 3 rings (SSSR count). The first kappa shape index (κ1) is 27.5. The second-order valence-electron chi connectivity index (χ2n) is 8.38. The third-order valence-electron chi connectivity index (χ3n) is 4.53. The van der Waals surface area contributed by atoms with Crippen molar-refractivity contribution in [2.45, 2.75) is 37.4 Å². The maximum absolute atomic E-state index is 15.1. The molecule has 0 spiro atoms. The molecule has 0 unspecified atom stereocenters. The van der Waals surface area contributed by atoms with E-state index in [9.17, 15) is 22.4 Å². The maximum Gasteiger partial charge on any atom is 0.430 e. The number of amides is 1. The van der Waals surface area contributed by atoms with Gasteiger partial charge in [0.15, 0.2) is 5.82 Å². The zero-order valence-corrected chi connectivity index (χ0v) is 21.5. The monoisotopic (exact) mass is 558 g/mol. The van der Waals surface area contributed by atoms with Gasteiger partial charge in [-0.25, -0.2) is 27.0 Å². The van der Waals surface area contributed by atoms with Gasteiger partial charge < -0.3 is 15.8 Å². The van der Waals surface area contributed by atoms with Crippen molar-refractivity contribution in [1.29, 1.82) is 0 Å². The highest BCUT2D eigenvalue weighted by Gasteiger charge is 2.38. The fourth-order valence-electron chi connectivity index (χ4n) is 2.98. The first-order valence-electron chi connectivity index (χ1n) is 10.2. The topological polar surface area (TPSA) is 132 Å². The maximum atomic E-state index is 15.1. The molecular weight excluding hydrogens is 538 g/mol. The van der Waals surface area contributed by atoms with Crippen LogP contribution >= 0.6 is 22.9 Å². The van der Waals surface area contributed by atoms with Gasteiger partial charge in [-0.1, -0.05) is 11.6 Å². The molecule has 9 nitrogen and oxygen atoms in total. The largest absolute Gasteiger partial charge is 0.443 e. The molecule has 0 fully saturated rings. The number of thiazole rings is 1. The van der Waals surface area contributed by atoms with Gasteiger partial charge in [0.05, 0.1) is 16.2 Å². The van der Waals surface area contributed by atoms with Crippen molar-refractivity contribution < 1.29 is 31.5 Å². The Hall–Kier alpha value is -3.13. The van der Waals surface area contributed by atoms with E-state index in [1.54, 1.807) is 0 Å². The summed E-state index contributed by atoms with van der Waals surface area (Å²) in [4.78, 5) is 26.7. The number of carbonyl (C=O) groups is 2. The molecular formula is C22H21ClF2N4O5S2. The lowest BCUT2D eigenvalue weighted by Gasteiger charge is -2.26. The number of benzene rings is 2. The number of nitrogens with zero attached hydrogens (tertiary/aromatic N) is 2. The van der Waals surface area contributed by atoms with Crippen LogP contribution in [0.2, 0.25) is 5.02 Å². The molecule has 1 amide bonds. The summed E-state index contributed by atoms with van der Waals surface area (Å²) in [6.45, 7) is 4.60. The lowest BCUT2D eigenvalue weighted by atomic mass is 10.1. The minimum Gasteiger partial charge on any atom is -0.443 e. The van der Waals surface area contributed by atoms with Crippen molar-refractivity contribution >= 4 is 56.8 Å². The number of anilines is 2. The molecule has 3 aromatic rings. The van der Waals surface area contributed by atoms with Crippen LogP contribution in [0.4, 0.5) is 25.1 Å². The summed E-state index contributed by atoms with van der Waals surface area (Å²) in [5.74, 6) is -2.30. The molecule has 0 saturated heterocycles. The van der Waals surface area contributed by atoms with Gasteiger partial charge in [-0.2, -0.15) is 0 Å². The van der Waals surface area contributed by atoms with Gasteiger partial charge in [0, 0.05) is 16.5 Å². The summed E-state index contributed by atoms with van der Waals surface area (Å²) >= 11 is 7.22. The Balaban J connectivity index is 2.00. The van der Waals surface area contributed by atoms with E-state index in [1.807, 2.05) is 0 Å². The number of sulfonamides is 1. The van der Waals surface area contributed by atoms with Crippen molar-refractivity contribution in [3.8, 4) is 0 Å². The SMILES string of the molecule is CC(C)(C)OC(=O)N(c1cscn1)S(=O)(=O)c1cc(Cl)c(N[C@@H](N)c2cc(C=O)ccc2F)cc1F. The summed E-state index contributed by atoms with van der Waals surface area (Å²) in [5, 5.41) is 3.57. The molecule has 0 radical (unpaired) electrons. The first-order chi connectivity index (χ1) is 16.7. The van der Waals surface area contributed by atoms with Crippen LogP contribution in [0.3, 0.4) is 0 Å². The van der Waals surface area contributed by atoms with Crippen molar-refractivity contribution in [3.05, 3.63) is 69.0 Å². The highest BCUT2D eigenvalue weighted by atomic mass is 35.5. The molecule has 1 aromatic heterocycles. The van der Waals surface area contributed by atoms with E-state index < -0.39 is 44.4 Å². The van der Waals surface area contributed by atoms with Crippen molar-refractivity contribution in [3.63, 3.8) is 0 Å². The summed E-state index contributed by atoms with van der Waals surface area (Å²) in [6, 6.07) is 5.02. The molecule has 14 heteroatoms. The third kappa shape index (κ3) is 5.98. The smallest absolute Gasteiger partial charge is 0.430 e. The van der Waals surface area contributed by atoms with Crippen LogP contribution in [0.5, 0.6) is 0 Å². The molecule has 0 aliphatic rings. The minimum atomic E-state index is -4.88. The lowest BCUT2D eigenvalue weighted by Crippen LogP contribution is -2.41. The Bertz CT molecular complexity index is 1400. The van der Waals surface area contributed by atoms with Crippen LogP contribution in [0.25, 0.3) is 0 Å². The summed E-state index contributed by atoms with van der Waals surface area (Å²) in [7, 11) is -4.88. The summed E-state index contributed by atoms with van der Waals surface area (Å²) in [5.41, 5.74) is 6.09. The van der Waals surface area contributed by atoms with Crippen LogP contribution < -0.4 is 15.4 Å². The average Bonchev–Trinajstić information content (AvgIpc) is 3.28. The number of aldehydes is 1. The molecule has 0 bridgehead atoms. The Morgan fingerprint density at radius 2 is 1.94 bits per heavy atom. The Labute approximate surface area is 214 Å². The molecule has 36 heavy (non-hydrogen) atoms. The van der Waals surface area contributed by atoms with Crippen LogP contribution in [0, 0.1) is 11.6 Å². The number of hydrogen-bond acceptors (Lipinski definition) is 9. The molecule has 192 valence electrons. The van der Waals surface area contributed by atoms with E-state index >= 15 is 4.39 Å². The van der Waals surface area contributed by atoms with Gasteiger partial charge in [0.25, 0.3) is 10.0 Å². The van der Waals surface area contributed by atoms with Crippen LogP contribution in [0.1, 0.15) is 42.9 Å². The van der Waals surface area contributed by atoms with Gasteiger partial charge in [-0.05, 0) is 51.1 Å². The quantitative estimate of drug-likeness (QED) is 0.303. The van der Waals surface area contributed by atoms with Gasteiger partial charge >= 0.3 is 6.09 Å². The fourth-order valence-corrected chi connectivity index (χ4v) is 5.19. The van der Waals surface area contributed by atoms with Crippen LogP contribution in [-0.2, 0) is 14.8 Å². The summed E-state index contributed by atoms with van der Waals surface area (Å²) < 4.78 is 61.5. The standard InChI is InChI=1S/C22H21ClF2N4O5S2/c1-22(2,3)34-21(31)29(19-10-35-11-27-19)36(32,33)18-7-14(23)17(8-16(18)25)28-20(26)13-6-12(9-30)4-5-15(13)24/h4-11,20,28H,26H2,1-3H3/t20-/m1/s1. The number of ether oxygens (including phenoxy) is 1. The third-order valence-corrected chi connectivity index (χ3v) is 7.10. The van der Waals surface area contributed by atoms with E-state index in [0.29, 0.717) is 6.29 Å². The van der Waals surface area contributed by atoms with Crippen molar-refractivity contribution in [2.75, 3.05) is 9.62 Å². The van der Waals surface area contributed by atoms with Gasteiger partial charge in [-0.3, -0.25) is 4.79 Å². The lowest BCUT2D eigenvalue weighted by molar-refractivity contribution is 0.0608. The van der Waals surface area contributed by atoms with E-state index in [1.165, 1.54) is 43.8 Å². The van der Waals surface area contributed by atoms with E-state index in [2.05, 4.69) is 10.3 Å². The van der Waals surface area contributed by atoms with Crippen molar-refractivity contribution in [1.82, 2.24) is 4.98 Å². The number of aromatic nitrogens is 1. The molecule has 3 N–H and O–H groups in total. The number of hydrogen-bond donors (Lipinski definition) is 2. The van der Waals surface area contributed by atoms with E-state index in [-0.39, 0.29) is 32.0 Å². The molecule has 0 aliphatic carbocycles. The predicted molar refractivity (Wildman–Crippen MR) is 132 cm³/mol. The normalized spacial score (nSPS) is 12.6. The average molecular weight is 559 g/mol. The Morgan fingerprint density at radius 1 is 1.25 bits per heavy atom. The second kappa shape index (κ2) is 10.5. The number of nitrogens with two attached hydrogens (primary N) is 1. The number of rotatable bonds is 7. The molecule has 0 aliphatic heterocycles. The van der Waals surface area contributed by atoms with Crippen LogP contribution in [0.15, 0.2) is 46.1 Å². The summed E-state index contributed by atoms with van der Waals surface area (Å²) in [6.07, 6.45) is -2.06. The van der Waals surface area contributed by atoms with Crippen molar-refractivity contribution in [2.24, 2.45) is 5.73 Å². The highest BCUT2D eigenvalue weighted by molar-refractivity contribution is 7.93. The van der Waals surface area contributed by atoms with Gasteiger partial charge in [-0.15, -0.1) is 15.6 Å². The number of carbonyl (C=O) groups excluding carboxylic acids is 2. The fraction of sp³-hybridized carbons (Fsp3) is 0.227. The highest BCUT2D eigenvalue weighted by Crippen LogP contribution is 2.34. The van der Waals surface area contributed by atoms with Gasteiger partial charge in [0.2, 0.25) is 0 Å². The Kier molecular flexibility index (Phi) is 7.98. The van der Waals surface area contributed by atoms with E-state index in [0.717, 1.165) is 29.5 Å². The number of halogens is 3. The zero-order valence-electron chi connectivity index (χ0n) is 19.2. The molecule has 2 aromatic carbocycles. The Morgan fingerprint density at radius 3 is 2.53 bits per heavy atom. The molecule has 0 saturated carbocycles. The minimum absolute atomic E-state index is 0.104. The number of nitrogens with one attached hydrogen (secondary N) is 1. The predicted octanol–water partition coefficient (Wildman–Crippen LogP) is 5.09. The van der Waals surface area contributed by atoms with Crippen LogP contribution in [-0.4, -0.2) is 31.4 Å². The first-order valence-corrected chi connectivity index (χ1v) is 12.9. The van der Waals surface area contributed by atoms with Gasteiger partial charge in [0.1, 0.15) is 34.6 Å². The van der Waals surface area contributed by atoms with E-state index in [4.69, 9.17) is 22.1 Å². The zero-order chi connectivity index (χ0) is 26.8. The molecule has 1 atom stereocenters. The molecule has 1 heterocycles.